The van der Waals surface area contributed by atoms with Crippen LogP contribution in [0.5, 0.6) is 0 Å². The highest BCUT2D eigenvalue weighted by Gasteiger charge is 2.45. The number of ether oxygens (including phenoxy) is 1. The van der Waals surface area contributed by atoms with Gasteiger partial charge in [0, 0.05) is 48.9 Å². The van der Waals surface area contributed by atoms with Gasteiger partial charge in [0.15, 0.2) is 5.78 Å². The molecule has 1 fully saturated rings. The predicted molar refractivity (Wildman–Crippen MR) is 182 cm³/mol. The highest BCUT2D eigenvalue weighted by molar-refractivity contribution is 8.47. The van der Waals surface area contributed by atoms with E-state index in [0.717, 1.165) is 47.4 Å². The summed E-state index contributed by atoms with van der Waals surface area (Å²) in [7, 11) is 4.02. The van der Waals surface area contributed by atoms with Crippen LogP contribution in [0.1, 0.15) is 49.5 Å². The van der Waals surface area contributed by atoms with Crippen LogP contribution < -0.4 is 4.90 Å². The van der Waals surface area contributed by atoms with E-state index in [0.29, 0.717) is 25.2 Å². The van der Waals surface area contributed by atoms with Gasteiger partial charge in [0.05, 0.1) is 23.3 Å². The monoisotopic (exact) mass is 625 g/mol. The van der Waals surface area contributed by atoms with Crippen LogP contribution in [0.15, 0.2) is 66.4 Å². The molecule has 0 aromatic heterocycles. The van der Waals surface area contributed by atoms with Crippen molar-refractivity contribution in [1.82, 2.24) is 9.80 Å². The van der Waals surface area contributed by atoms with Crippen LogP contribution in [0.25, 0.3) is 0 Å². The van der Waals surface area contributed by atoms with Crippen molar-refractivity contribution in [3.63, 3.8) is 0 Å². The molecule has 4 rings (SSSR count). The van der Waals surface area contributed by atoms with E-state index in [1.807, 2.05) is 51.4 Å². The lowest BCUT2D eigenvalue weighted by atomic mass is 9.80. The molecule has 1 saturated heterocycles. The number of nitrogens with zero attached hydrogens (tertiary/aromatic N) is 3. The Hall–Kier alpha value is -2.33. The van der Waals surface area contributed by atoms with Crippen molar-refractivity contribution in [1.29, 1.82) is 0 Å². The molecule has 2 aromatic rings. The molecule has 2 aliphatic rings. The normalized spacial score (nSPS) is 19.7. The van der Waals surface area contributed by atoms with Crippen LogP contribution in [0, 0.1) is 0 Å². The molecule has 9 heteroatoms. The maximum atomic E-state index is 13.9. The molecule has 0 spiro atoms. The van der Waals surface area contributed by atoms with Crippen LogP contribution in [0.3, 0.4) is 0 Å². The minimum absolute atomic E-state index is 0.0594. The molecule has 6 nitrogen and oxygen atoms in total. The molecular weight excluding hydrogens is 583 g/mol. The van der Waals surface area contributed by atoms with E-state index in [4.69, 9.17) is 17.0 Å². The molecule has 2 atom stereocenters. The first-order chi connectivity index (χ1) is 20.1. The SMILES string of the molecule is CCOC(=O)CCSC(=S)SC1(C)C=C1N1CCN(c2ccc(C(=O)C(CC)(Cc3ccccc3)N(C)C)cc2)CC1. The van der Waals surface area contributed by atoms with E-state index in [1.54, 1.807) is 23.5 Å². The quantitative estimate of drug-likeness (QED) is 0.145. The first kappa shape index (κ1) is 32.6. The predicted octanol–water partition coefficient (Wildman–Crippen LogP) is 6.31. The van der Waals surface area contributed by atoms with Gasteiger partial charge in [-0.3, -0.25) is 14.5 Å². The van der Waals surface area contributed by atoms with Gasteiger partial charge in [0.2, 0.25) is 0 Å². The molecular formula is C33H43N3O3S3. The van der Waals surface area contributed by atoms with Crippen molar-refractivity contribution in [2.24, 2.45) is 0 Å². The first-order valence-electron chi connectivity index (χ1n) is 14.7. The average molecular weight is 626 g/mol. The van der Waals surface area contributed by atoms with Crippen molar-refractivity contribution in [3.05, 3.63) is 77.5 Å². The van der Waals surface area contributed by atoms with Crippen molar-refractivity contribution < 1.29 is 14.3 Å². The van der Waals surface area contributed by atoms with Gasteiger partial charge >= 0.3 is 5.97 Å². The topological polar surface area (TPSA) is 53.1 Å². The summed E-state index contributed by atoms with van der Waals surface area (Å²) in [5.74, 6) is 0.657. The zero-order valence-electron chi connectivity index (χ0n) is 25.4. The second kappa shape index (κ2) is 14.4. The Labute approximate surface area is 265 Å². The van der Waals surface area contributed by atoms with Gasteiger partial charge in [-0.1, -0.05) is 61.2 Å². The van der Waals surface area contributed by atoms with Gasteiger partial charge in [0.25, 0.3) is 0 Å². The van der Waals surface area contributed by atoms with E-state index in [9.17, 15) is 9.59 Å². The second-order valence-electron chi connectivity index (χ2n) is 11.2. The third-order valence-electron chi connectivity index (χ3n) is 8.28. The van der Waals surface area contributed by atoms with Gasteiger partial charge in [-0.15, -0.1) is 11.8 Å². The highest BCUT2D eigenvalue weighted by Crippen LogP contribution is 2.50. The van der Waals surface area contributed by atoms with Gasteiger partial charge < -0.3 is 14.5 Å². The number of rotatable bonds is 13. The van der Waals surface area contributed by atoms with E-state index in [2.05, 4.69) is 58.9 Å². The summed E-state index contributed by atoms with van der Waals surface area (Å²) in [4.78, 5) is 32.4. The molecule has 1 heterocycles. The Bertz CT molecular complexity index is 1280. The van der Waals surface area contributed by atoms with Crippen molar-refractivity contribution in [2.75, 3.05) is 57.5 Å². The Morgan fingerprint density at radius 2 is 1.64 bits per heavy atom. The molecule has 0 amide bonds. The van der Waals surface area contributed by atoms with Crippen LogP contribution in [-0.2, 0) is 16.0 Å². The number of piperazine rings is 1. The van der Waals surface area contributed by atoms with Crippen molar-refractivity contribution in [2.45, 2.75) is 50.3 Å². The Morgan fingerprint density at radius 1 is 1.00 bits per heavy atom. The maximum absolute atomic E-state index is 13.9. The number of thioether (sulfide) groups is 2. The fourth-order valence-corrected chi connectivity index (χ4v) is 8.60. The summed E-state index contributed by atoms with van der Waals surface area (Å²) >= 11 is 8.85. The lowest BCUT2D eigenvalue weighted by Gasteiger charge is -2.39. The lowest BCUT2D eigenvalue weighted by molar-refractivity contribution is -0.142. The molecule has 2 aromatic carbocycles. The number of thiocarbonyl (C=S) groups is 1. The number of ketones is 1. The zero-order valence-corrected chi connectivity index (χ0v) is 27.9. The summed E-state index contributed by atoms with van der Waals surface area (Å²) < 4.78 is 5.80. The molecule has 2 unspecified atom stereocenters. The molecule has 0 bridgehead atoms. The second-order valence-corrected chi connectivity index (χ2v) is 14.9. The largest absolute Gasteiger partial charge is 0.466 e. The number of carbonyl (C=O) groups is 2. The van der Waals surface area contributed by atoms with E-state index in [-0.39, 0.29) is 16.5 Å². The third kappa shape index (κ3) is 7.78. The number of hydrogen-bond donors (Lipinski definition) is 0. The minimum atomic E-state index is -0.584. The number of hydrogen-bond acceptors (Lipinski definition) is 9. The van der Waals surface area contributed by atoms with Crippen LogP contribution in [0.4, 0.5) is 5.69 Å². The summed E-state index contributed by atoms with van der Waals surface area (Å²) in [6.07, 6.45) is 4.10. The fourth-order valence-electron chi connectivity index (χ4n) is 5.64. The van der Waals surface area contributed by atoms with Crippen LogP contribution in [-0.4, -0.2) is 88.0 Å². The van der Waals surface area contributed by atoms with Crippen molar-refractivity contribution >= 4 is 56.7 Å². The molecule has 226 valence electrons. The van der Waals surface area contributed by atoms with E-state index < -0.39 is 5.54 Å². The molecule has 1 aliphatic carbocycles. The number of Topliss-reactive ketones (excluding diaryl/α,β-unsaturated/α-hetero) is 1. The number of carbonyl (C=O) groups excluding carboxylic acids is 2. The Morgan fingerprint density at radius 3 is 2.24 bits per heavy atom. The molecule has 42 heavy (non-hydrogen) atoms. The van der Waals surface area contributed by atoms with Gasteiger partial charge in [-0.2, -0.15) is 0 Å². The minimum Gasteiger partial charge on any atom is -0.466 e. The standard InChI is InChI=1S/C33H43N3O3S3/c1-6-33(34(4)5,23-25-11-9-8-10-12-25)30(38)26-13-15-27(16-14-26)35-18-20-36(21-19-35)28-24-32(28,3)42-31(40)41-22-17-29(37)39-7-2/h8-16,24H,6-7,17-23H2,1-5H3. The average Bonchev–Trinajstić information content (AvgIpc) is 3.66. The van der Waals surface area contributed by atoms with E-state index >= 15 is 0 Å². The van der Waals surface area contributed by atoms with E-state index in [1.165, 1.54) is 11.3 Å². The molecule has 1 aliphatic heterocycles. The van der Waals surface area contributed by atoms with Gasteiger partial charge in [-0.05, 0) is 76.7 Å². The zero-order chi connectivity index (χ0) is 30.3. The Kier molecular flexibility index (Phi) is 11.2. The number of likely N-dealkylation sites (N-methyl/N-ethyl adjacent to an activating group) is 1. The lowest BCUT2D eigenvalue weighted by Crippen LogP contribution is -2.52. The van der Waals surface area contributed by atoms with Gasteiger partial charge in [0.1, 0.15) is 3.53 Å². The molecule has 0 N–H and O–H groups in total. The summed E-state index contributed by atoms with van der Waals surface area (Å²) in [6.45, 7) is 10.3. The summed E-state index contributed by atoms with van der Waals surface area (Å²) in [6, 6.07) is 18.5. The third-order valence-corrected chi connectivity index (χ3v) is 11.1. The maximum Gasteiger partial charge on any atom is 0.306 e. The Balaban J connectivity index is 1.29. The smallest absolute Gasteiger partial charge is 0.306 e. The fraction of sp³-hybridized carbons (Fsp3) is 0.485. The van der Waals surface area contributed by atoms with Crippen molar-refractivity contribution in [3.8, 4) is 0 Å². The number of esters is 1. The number of anilines is 1. The summed E-state index contributed by atoms with van der Waals surface area (Å²) in [5, 5.41) is 0. The molecule has 0 saturated carbocycles. The first-order valence-corrected chi connectivity index (χ1v) is 16.9. The van der Waals surface area contributed by atoms with Crippen LogP contribution in [0.2, 0.25) is 0 Å². The summed E-state index contributed by atoms with van der Waals surface area (Å²) in [5.41, 5.74) is 3.85. The van der Waals surface area contributed by atoms with Gasteiger partial charge in [-0.25, -0.2) is 0 Å². The van der Waals surface area contributed by atoms with Crippen LogP contribution >= 0.6 is 35.7 Å². The number of benzene rings is 2. The highest BCUT2D eigenvalue weighted by atomic mass is 32.2. The molecule has 0 radical (unpaired) electrons.